The lowest BCUT2D eigenvalue weighted by Gasteiger charge is -2.16. The SMILES string of the molecule is CC(C)(C)OOC(=O)CCCCCBr. The van der Waals surface area contributed by atoms with Crippen molar-refractivity contribution in [3.8, 4) is 0 Å². The quantitative estimate of drug-likeness (QED) is 0.321. The highest BCUT2D eigenvalue weighted by Gasteiger charge is 2.14. The maximum absolute atomic E-state index is 11.1. The van der Waals surface area contributed by atoms with Gasteiger partial charge < -0.3 is 0 Å². The molecule has 0 bridgehead atoms. The van der Waals surface area contributed by atoms with E-state index < -0.39 is 5.60 Å². The molecule has 3 nitrogen and oxygen atoms in total. The van der Waals surface area contributed by atoms with E-state index in [9.17, 15) is 4.79 Å². The zero-order valence-electron chi connectivity index (χ0n) is 9.14. The molecule has 0 saturated carbocycles. The summed E-state index contributed by atoms with van der Waals surface area (Å²) in [5.74, 6) is -0.283. The van der Waals surface area contributed by atoms with Crippen LogP contribution in [0, 0.1) is 0 Å². The third-order valence-corrected chi connectivity index (χ3v) is 1.96. The van der Waals surface area contributed by atoms with Crippen LogP contribution in [-0.4, -0.2) is 16.9 Å². The lowest BCUT2D eigenvalue weighted by molar-refractivity contribution is -0.320. The Morgan fingerprint density at radius 3 is 2.36 bits per heavy atom. The number of unbranched alkanes of at least 4 members (excludes halogenated alkanes) is 2. The monoisotopic (exact) mass is 266 g/mol. The highest BCUT2D eigenvalue weighted by molar-refractivity contribution is 9.09. The summed E-state index contributed by atoms with van der Waals surface area (Å²) in [6.45, 7) is 5.52. The molecule has 0 aliphatic heterocycles. The predicted octanol–water partition coefficient (Wildman–Crippen LogP) is 3.22. The molecule has 84 valence electrons. The lowest BCUT2D eigenvalue weighted by atomic mass is 10.2. The Kier molecular flexibility index (Phi) is 7.19. The Labute approximate surface area is 94.2 Å². The van der Waals surface area contributed by atoms with Gasteiger partial charge in [-0.1, -0.05) is 22.4 Å². The third kappa shape index (κ3) is 9.99. The van der Waals surface area contributed by atoms with Crippen molar-refractivity contribution in [2.75, 3.05) is 5.33 Å². The van der Waals surface area contributed by atoms with Gasteiger partial charge in [-0.05, 0) is 33.6 Å². The van der Waals surface area contributed by atoms with Crippen LogP contribution >= 0.6 is 15.9 Å². The van der Waals surface area contributed by atoms with Gasteiger partial charge >= 0.3 is 5.97 Å². The van der Waals surface area contributed by atoms with Crippen LogP contribution in [0.25, 0.3) is 0 Å². The molecule has 0 rings (SSSR count). The second kappa shape index (κ2) is 7.23. The maximum atomic E-state index is 11.1. The molecule has 0 aromatic rings. The molecular formula is C10H19BrO3. The molecule has 0 saturated heterocycles. The van der Waals surface area contributed by atoms with Gasteiger partial charge in [-0.25, -0.2) is 4.79 Å². The van der Waals surface area contributed by atoms with Crippen molar-refractivity contribution in [3.63, 3.8) is 0 Å². The Hall–Kier alpha value is -0.0900. The van der Waals surface area contributed by atoms with Gasteiger partial charge in [0.1, 0.15) is 5.60 Å². The molecule has 0 atom stereocenters. The summed E-state index contributed by atoms with van der Waals surface area (Å²) in [7, 11) is 0. The smallest absolute Gasteiger partial charge is 0.298 e. The Morgan fingerprint density at radius 1 is 1.21 bits per heavy atom. The lowest BCUT2D eigenvalue weighted by Crippen LogP contribution is -2.21. The van der Waals surface area contributed by atoms with Crippen LogP contribution in [-0.2, 0) is 14.6 Å². The van der Waals surface area contributed by atoms with Crippen molar-refractivity contribution < 1.29 is 14.6 Å². The summed E-state index contributed by atoms with van der Waals surface area (Å²) in [4.78, 5) is 20.6. The van der Waals surface area contributed by atoms with Crippen molar-refractivity contribution in [2.24, 2.45) is 0 Å². The molecule has 4 heteroatoms. The highest BCUT2D eigenvalue weighted by atomic mass is 79.9. The summed E-state index contributed by atoms with van der Waals surface area (Å²) in [5, 5.41) is 0.987. The standard InChI is InChI=1S/C10H19BrO3/c1-10(2,3)14-13-9(12)7-5-4-6-8-11/h4-8H2,1-3H3. The van der Waals surface area contributed by atoms with Crippen LogP contribution < -0.4 is 0 Å². The molecule has 0 unspecified atom stereocenters. The zero-order valence-corrected chi connectivity index (χ0v) is 10.7. The molecule has 0 aliphatic carbocycles. The van der Waals surface area contributed by atoms with Crippen molar-refractivity contribution in [2.45, 2.75) is 52.1 Å². The summed E-state index contributed by atoms with van der Waals surface area (Å²) < 4.78 is 0. The number of carbonyl (C=O) groups is 1. The fourth-order valence-electron chi connectivity index (χ4n) is 0.754. The number of rotatable bonds is 6. The van der Waals surface area contributed by atoms with E-state index in [1.54, 1.807) is 0 Å². The molecule has 0 aliphatic rings. The van der Waals surface area contributed by atoms with Crippen LogP contribution in [0.15, 0.2) is 0 Å². The second-order valence-corrected chi connectivity index (χ2v) is 4.94. The van der Waals surface area contributed by atoms with E-state index >= 15 is 0 Å². The van der Waals surface area contributed by atoms with Gasteiger partial charge in [-0.2, -0.15) is 4.89 Å². The molecule has 0 amide bonds. The van der Waals surface area contributed by atoms with E-state index in [-0.39, 0.29) is 5.97 Å². The summed E-state index contributed by atoms with van der Waals surface area (Å²) in [6, 6.07) is 0. The molecule has 0 radical (unpaired) electrons. The fraction of sp³-hybridized carbons (Fsp3) is 0.900. The average Bonchev–Trinajstić information content (AvgIpc) is 2.08. The van der Waals surface area contributed by atoms with E-state index in [0.717, 1.165) is 24.6 Å². The molecule has 14 heavy (non-hydrogen) atoms. The molecule has 0 fully saturated rings. The largest absolute Gasteiger partial charge is 0.342 e. The van der Waals surface area contributed by atoms with E-state index in [1.165, 1.54) is 0 Å². The first kappa shape index (κ1) is 13.9. The Morgan fingerprint density at radius 2 is 1.86 bits per heavy atom. The minimum absolute atomic E-state index is 0.283. The molecular weight excluding hydrogens is 248 g/mol. The third-order valence-electron chi connectivity index (χ3n) is 1.40. The Bertz CT molecular complexity index is 163. The molecule has 0 spiro atoms. The first-order chi connectivity index (χ1) is 6.45. The van der Waals surface area contributed by atoms with E-state index in [4.69, 9.17) is 4.89 Å². The number of hydrogen-bond donors (Lipinski definition) is 0. The van der Waals surface area contributed by atoms with Gasteiger partial charge in [0.2, 0.25) is 0 Å². The van der Waals surface area contributed by atoms with Gasteiger partial charge in [-0.15, -0.1) is 0 Å². The van der Waals surface area contributed by atoms with Crippen LogP contribution in [0.5, 0.6) is 0 Å². The van der Waals surface area contributed by atoms with Gasteiger partial charge in [0.15, 0.2) is 0 Å². The van der Waals surface area contributed by atoms with Crippen molar-refractivity contribution in [1.82, 2.24) is 0 Å². The number of alkyl halides is 1. The highest BCUT2D eigenvalue weighted by Crippen LogP contribution is 2.09. The van der Waals surface area contributed by atoms with Gasteiger partial charge in [0, 0.05) is 11.8 Å². The molecule has 0 aromatic carbocycles. The van der Waals surface area contributed by atoms with Gasteiger partial charge in [-0.3, -0.25) is 4.89 Å². The number of hydrogen-bond acceptors (Lipinski definition) is 3. The Balaban J connectivity index is 3.38. The number of halogens is 1. The van der Waals surface area contributed by atoms with E-state index in [2.05, 4.69) is 20.8 Å². The molecule has 0 N–H and O–H groups in total. The fourth-order valence-corrected chi connectivity index (χ4v) is 1.15. The van der Waals surface area contributed by atoms with E-state index in [0.29, 0.717) is 6.42 Å². The first-order valence-electron chi connectivity index (χ1n) is 4.90. The van der Waals surface area contributed by atoms with Crippen LogP contribution in [0.1, 0.15) is 46.5 Å². The summed E-state index contributed by atoms with van der Waals surface area (Å²) >= 11 is 3.33. The van der Waals surface area contributed by atoms with Crippen molar-refractivity contribution in [3.05, 3.63) is 0 Å². The second-order valence-electron chi connectivity index (χ2n) is 4.15. The summed E-state index contributed by atoms with van der Waals surface area (Å²) in [5.41, 5.74) is -0.425. The van der Waals surface area contributed by atoms with Crippen LogP contribution in [0.2, 0.25) is 0 Å². The molecule has 0 heterocycles. The summed E-state index contributed by atoms with van der Waals surface area (Å²) in [6.07, 6.45) is 3.42. The van der Waals surface area contributed by atoms with Gasteiger partial charge in [0.05, 0.1) is 0 Å². The maximum Gasteiger partial charge on any atom is 0.342 e. The van der Waals surface area contributed by atoms with Gasteiger partial charge in [0.25, 0.3) is 0 Å². The van der Waals surface area contributed by atoms with Crippen molar-refractivity contribution in [1.29, 1.82) is 0 Å². The molecule has 0 aromatic heterocycles. The zero-order chi connectivity index (χ0) is 11.0. The van der Waals surface area contributed by atoms with Crippen LogP contribution in [0.3, 0.4) is 0 Å². The van der Waals surface area contributed by atoms with Crippen molar-refractivity contribution >= 4 is 21.9 Å². The normalized spacial score (nSPS) is 11.4. The van der Waals surface area contributed by atoms with E-state index in [1.807, 2.05) is 20.8 Å². The minimum atomic E-state index is -0.425. The van der Waals surface area contributed by atoms with Crippen LogP contribution in [0.4, 0.5) is 0 Å². The first-order valence-corrected chi connectivity index (χ1v) is 6.02. The average molecular weight is 267 g/mol. The predicted molar refractivity (Wildman–Crippen MR) is 59.2 cm³/mol. The topological polar surface area (TPSA) is 35.5 Å². The minimum Gasteiger partial charge on any atom is -0.298 e. The number of carbonyl (C=O) groups excluding carboxylic acids is 1.